The van der Waals surface area contributed by atoms with Gasteiger partial charge in [0.25, 0.3) is 0 Å². The van der Waals surface area contributed by atoms with Gasteiger partial charge in [0.1, 0.15) is 34.5 Å². The van der Waals surface area contributed by atoms with Gasteiger partial charge in [-0.25, -0.2) is 28.8 Å². The van der Waals surface area contributed by atoms with E-state index in [4.69, 9.17) is 28.4 Å². The highest BCUT2D eigenvalue weighted by Crippen LogP contribution is 2.63. The van der Waals surface area contributed by atoms with Crippen LogP contribution in [0.1, 0.15) is 66.8 Å². The number of esters is 6. The number of hydrogen-bond acceptors (Lipinski definition) is 12. The molecule has 0 saturated carbocycles. The van der Waals surface area contributed by atoms with Gasteiger partial charge in [0.05, 0.1) is 16.2 Å². The fourth-order valence-electron chi connectivity index (χ4n) is 19.4. The second-order valence-electron chi connectivity index (χ2n) is 31.5. The van der Waals surface area contributed by atoms with Crippen molar-refractivity contribution in [3.8, 4) is 67.9 Å². The van der Waals surface area contributed by atoms with Gasteiger partial charge < -0.3 is 28.4 Å². The van der Waals surface area contributed by atoms with Crippen LogP contribution < -0.4 is 28.4 Å². The fourth-order valence-corrected chi connectivity index (χ4v) is 19.4. The Morgan fingerprint density at radius 3 is 0.744 bits per heavy atom. The zero-order valence-electron chi connectivity index (χ0n) is 69.7. The molecule has 18 aromatic rings. The molecule has 0 spiro atoms. The Bertz CT molecular complexity index is 7320. The van der Waals surface area contributed by atoms with Gasteiger partial charge in [-0.15, -0.1) is 0 Å². The summed E-state index contributed by atoms with van der Waals surface area (Å²) < 4.78 is 32.6. The minimum atomic E-state index is -0.739. The molecular formula is C117H78O12. The van der Waals surface area contributed by atoms with Crippen LogP contribution in [0, 0.1) is 0 Å². The molecule has 0 bridgehead atoms. The van der Waals surface area contributed by atoms with E-state index in [1.165, 1.54) is 33.0 Å². The van der Waals surface area contributed by atoms with Crippen molar-refractivity contribution < 1.29 is 57.2 Å². The molecule has 0 radical (unpaired) electrons. The fraction of sp³-hybridized carbons (Fsp3) is 0.0256. The number of fused-ring (bicyclic) bond motifs is 19. The number of rotatable bonds is 18. The SMILES string of the molecule is C=CC(=O)Oc1ccc(C2(c3ccc(OC(=O)C=C)cc3)c3cc4ccccc4cc3-c3c2ccc2ccccc32)cc1.C=CC(=O)Oc1ccc(C2(c3ccc(OC(=O)C=C)cc3)c3cc4ccccc4cc3-c3ccc4ccccc4c32)cc1.C=CC(=O)Oc1ccc(C2(c3ccc(OC(=O)C=C)cc3)c3ccc4ccccc4c3-c3ccc4ccccc4c32)cc1. The van der Waals surface area contributed by atoms with Crippen LogP contribution in [0.5, 0.6) is 34.5 Å². The molecule has 0 atom stereocenters. The average Bonchev–Trinajstić information content (AvgIpc) is 1.54. The first-order chi connectivity index (χ1) is 63.1. The number of benzene rings is 18. The Balaban J connectivity index is 0.000000126. The van der Waals surface area contributed by atoms with E-state index < -0.39 is 52.1 Å². The van der Waals surface area contributed by atoms with Crippen LogP contribution in [-0.4, -0.2) is 35.8 Å². The Hall–Kier alpha value is -17.2. The number of hydrogen-bond donors (Lipinski definition) is 0. The van der Waals surface area contributed by atoms with Crippen LogP contribution in [-0.2, 0) is 45.0 Å². The maximum absolute atomic E-state index is 12.0. The van der Waals surface area contributed by atoms with Gasteiger partial charge in [-0.05, 0) is 262 Å². The quantitative estimate of drug-likeness (QED) is 0.0455. The molecule has 18 aromatic carbocycles. The zero-order chi connectivity index (χ0) is 88.7. The van der Waals surface area contributed by atoms with Gasteiger partial charge in [-0.2, -0.15) is 0 Å². The lowest BCUT2D eigenvalue weighted by Crippen LogP contribution is -2.29. The summed E-state index contributed by atoms with van der Waals surface area (Å²) in [7, 11) is 0. The molecule has 21 rings (SSSR count). The molecule has 0 heterocycles. The monoisotopic (exact) mass is 1670 g/mol. The third-order valence-corrected chi connectivity index (χ3v) is 24.7. The molecule has 12 nitrogen and oxygen atoms in total. The van der Waals surface area contributed by atoms with Crippen molar-refractivity contribution in [2.75, 3.05) is 0 Å². The molecule has 618 valence electrons. The first-order valence-corrected chi connectivity index (χ1v) is 42.0. The van der Waals surface area contributed by atoms with E-state index in [0.29, 0.717) is 34.5 Å². The molecule has 0 unspecified atom stereocenters. The summed E-state index contributed by atoms with van der Waals surface area (Å²) in [5, 5.41) is 13.8. The van der Waals surface area contributed by atoms with Gasteiger partial charge in [-0.3, -0.25) is 0 Å². The van der Waals surface area contributed by atoms with E-state index in [1.54, 1.807) is 0 Å². The van der Waals surface area contributed by atoms with E-state index >= 15 is 0 Å². The van der Waals surface area contributed by atoms with Crippen molar-refractivity contribution in [3.63, 3.8) is 0 Å². The van der Waals surface area contributed by atoms with Gasteiger partial charge in [-0.1, -0.05) is 306 Å². The van der Waals surface area contributed by atoms with Gasteiger partial charge in [0, 0.05) is 36.5 Å². The lowest BCUT2D eigenvalue weighted by molar-refractivity contribution is -0.129. The van der Waals surface area contributed by atoms with E-state index in [1.807, 2.05) is 146 Å². The summed E-state index contributed by atoms with van der Waals surface area (Å²) in [5.41, 5.74) is 17.8. The van der Waals surface area contributed by atoms with Crippen molar-refractivity contribution in [1.29, 1.82) is 0 Å². The van der Waals surface area contributed by atoms with Crippen molar-refractivity contribution in [2.24, 2.45) is 0 Å². The van der Waals surface area contributed by atoms with Crippen molar-refractivity contribution in [1.82, 2.24) is 0 Å². The van der Waals surface area contributed by atoms with Crippen LogP contribution in [0.4, 0.5) is 0 Å². The molecule has 0 N–H and O–H groups in total. The summed E-state index contributed by atoms with van der Waals surface area (Å²) in [6.07, 6.45) is 6.90. The lowest BCUT2D eigenvalue weighted by atomic mass is 9.66. The average molecular weight is 1680 g/mol. The Morgan fingerprint density at radius 1 is 0.194 bits per heavy atom. The van der Waals surface area contributed by atoms with Crippen molar-refractivity contribution >= 4 is 100 Å². The zero-order valence-corrected chi connectivity index (χ0v) is 69.7. The summed E-state index contributed by atoms with van der Waals surface area (Å²) in [6.45, 7) is 21.1. The van der Waals surface area contributed by atoms with Gasteiger partial charge in [0.15, 0.2) is 0 Å². The van der Waals surface area contributed by atoms with Gasteiger partial charge >= 0.3 is 35.8 Å². The highest BCUT2D eigenvalue weighted by molar-refractivity contribution is 6.11. The van der Waals surface area contributed by atoms with E-state index in [0.717, 1.165) is 168 Å². The van der Waals surface area contributed by atoms with Crippen LogP contribution in [0.3, 0.4) is 0 Å². The Morgan fingerprint density at radius 2 is 0.419 bits per heavy atom. The molecule has 0 aromatic heterocycles. The smallest absolute Gasteiger partial charge is 0.335 e. The van der Waals surface area contributed by atoms with Gasteiger partial charge in [0.2, 0.25) is 0 Å². The highest BCUT2D eigenvalue weighted by atomic mass is 16.6. The molecule has 0 fully saturated rings. The predicted molar refractivity (Wildman–Crippen MR) is 511 cm³/mol. The van der Waals surface area contributed by atoms with E-state index in [2.05, 4.69) is 258 Å². The van der Waals surface area contributed by atoms with E-state index in [9.17, 15) is 28.8 Å². The second-order valence-corrected chi connectivity index (χ2v) is 31.5. The first-order valence-electron chi connectivity index (χ1n) is 42.0. The Labute approximate surface area is 743 Å². The minimum absolute atomic E-state index is 0.436. The molecule has 3 aliphatic rings. The summed E-state index contributed by atoms with van der Waals surface area (Å²) in [6, 6.07) is 123. The van der Waals surface area contributed by atoms with Crippen LogP contribution in [0.25, 0.3) is 98.0 Å². The lowest BCUT2D eigenvalue weighted by Gasteiger charge is -2.35. The maximum atomic E-state index is 12.0. The number of ether oxygens (including phenoxy) is 6. The molecular weight excluding hydrogens is 1600 g/mol. The first kappa shape index (κ1) is 81.4. The maximum Gasteiger partial charge on any atom is 0.335 e. The van der Waals surface area contributed by atoms with Crippen LogP contribution in [0.15, 0.2) is 440 Å². The molecule has 12 heteroatoms. The molecule has 0 aliphatic heterocycles. The minimum Gasteiger partial charge on any atom is -0.423 e. The summed E-state index contributed by atoms with van der Waals surface area (Å²) >= 11 is 0. The van der Waals surface area contributed by atoms with Crippen molar-refractivity contribution in [3.05, 3.63) is 507 Å². The Kier molecular flexibility index (Phi) is 21.3. The molecule has 129 heavy (non-hydrogen) atoms. The third kappa shape index (κ3) is 14.1. The summed E-state index contributed by atoms with van der Waals surface area (Å²) in [5.74, 6) is -0.462. The molecule has 0 saturated heterocycles. The highest BCUT2D eigenvalue weighted by Gasteiger charge is 2.51. The standard InChI is InChI=1S/3C39H26O4/c1-3-35(40)42-29-19-15-27(16-20-29)39(28-17-21-30(22-18-28)43-36(41)4-2)34-24-14-25-9-5-7-11-31(25)37(34)33-23-13-26-10-6-8-12-32(26)38(33)39;1-3-36(40)42-30-18-14-28(15-19-30)39(29-16-20-31(21-17-29)43-37(41)4-2)34-22-13-25-9-7-8-12-32(25)38(34)33-23-26-10-5-6-11-27(26)24-35(33)39;1-3-36(40)42-30-18-14-28(15-19-30)39(29-16-20-31(21-17-29)43-37(41)4-2)35-24-27-11-6-5-10-26(27)23-34(35)33-22-13-25-9-7-8-12-32(25)38(33)39/h3*3-24H,1-2H2. The third-order valence-electron chi connectivity index (χ3n) is 24.7. The second kappa shape index (κ2) is 33.8. The normalized spacial score (nSPS) is 12.7. The van der Waals surface area contributed by atoms with Crippen LogP contribution in [0.2, 0.25) is 0 Å². The summed E-state index contributed by atoms with van der Waals surface area (Å²) in [4.78, 5) is 71.7. The largest absolute Gasteiger partial charge is 0.423 e. The predicted octanol–water partition coefficient (Wildman–Crippen LogP) is 25.6. The topological polar surface area (TPSA) is 158 Å². The molecule has 3 aliphatic carbocycles. The molecule has 0 amide bonds. The van der Waals surface area contributed by atoms with E-state index in [-0.39, 0.29) is 0 Å². The van der Waals surface area contributed by atoms with Crippen molar-refractivity contribution in [2.45, 2.75) is 16.2 Å². The number of carbonyl (C=O) groups is 6. The number of carbonyl (C=O) groups excluding carboxylic acids is 6. The van der Waals surface area contributed by atoms with Crippen LogP contribution >= 0.6 is 0 Å².